The smallest absolute Gasteiger partial charge is 0.216 e. The van der Waals surface area contributed by atoms with Crippen molar-refractivity contribution in [3.8, 4) is 0 Å². The van der Waals surface area contributed by atoms with Crippen LogP contribution in [0.1, 0.15) is 73.3 Å². The monoisotopic (exact) mass is 530 g/mol. The highest BCUT2D eigenvalue weighted by Gasteiger charge is 2.59. The minimum absolute atomic E-state index is 0.00463. The fraction of sp³-hybridized carbons (Fsp3) is 0.278. The maximum absolute atomic E-state index is 9.70. The molecule has 3 atom stereocenters. The molecule has 0 saturated heterocycles. The first kappa shape index (κ1) is 27.4. The zero-order valence-corrected chi connectivity index (χ0v) is 23.9. The first-order valence-corrected chi connectivity index (χ1v) is 14.3. The van der Waals surface area contributed by atoms with Crippen molar-refractivity contribution in [2.24, 2.45) is 4.99 Å². The molecule has 0 bridgehead atoms. The number of nitrogens with one attached hydrogen (secondary N) is 1. The molecule has 0 saturated carbocycles. The molecule has 0 aromatic heterocycles. The van der Waals surface area contributed by atoms with Gasteiger partial charge in [-0.05, 0) is 57.9 Å². The van der Waals surface area contributed by atoms with Gasteiger partial charge >= 0.3 is 0 Å². The second kappa shape index (κ2) is 11.9. The third-order valence-electron chi connectivity index (χ3n) is 8.64. The maximum atomic E-state index is 9.70. The van der Waals surface area contributed by atoms with E-state index in [4.69, 9.17) is 4.74 Å². The van der Waals surface area contributed by atoms with Gasteiger partial charge in [0.2, 0.25) is 5.91 Å². The Hall–Kier alpha value is -4.18. The molecule has 4 heteroatoms. The molecule has 4 nitrogen and oxygen atoms in total. The predicted molar refractivity (Wildman–Crippen MR) is 166 cm³/mol. The van der Waals surface area contributed by atoms with Gasteiger partial charge in [-0.1, -0.05) is 105 Å². The standard InChI is InChI=1S/C19H20.C14H11NO.C3H7NO/c1-3-16-13-9-5-6-10-14(13)18-15-11-7-8-12-17(15)19(16,18)4-2;1-2-6-12-11(4-1)5-3-7-13(12)14-8-9-16-10-15-14;1-3(5)4-2/h5-12,16,18H,3-4H2,1-2H3;1-8,10H,9H2;1-2H3,(H,4,5). The van der Waals surface area contributed by atoms with Gasteiger partial charge in [-0.15, -0.1) is 0 Å². The van der Waals surface area contributed by atoms with Gasteiger partial charge in [0, 0.05) is 30.9 Å². The Morgan fingerprint density at radius 3 is 2.23 bits per heavy atom. The summed E-state index contributed by atoms with van der Waals surface area (Å²) in [6.07, 6.45) is 6.01. The third-order valence-corrected chi connectivity index (χ3v) is 8.64. The van der Waals surface area contributed by atoms with E-state index in [1.807, 2.05) is 12.1 Å². The van der Waals surface area contributed by atoms with Gasteiger partial charge in [0.25, 0.3) is 0 Å². The van der Waals surface area contributed by atoms with Crippen LogP contribution in [0.25, 0.3) is 16.5 Å². The molecule has 4 aromatic rings. The topological polar surface area (TPSA) is 50.7 Å². The highest BCUT2D eigenvalue weighted by molar-refractivity contribution is 5.94. The van der Waals surface area contributed by atoms with Crippen LogP contribution < -0.4 is 5.32 Å². The summed E-state index contributed by atoms with van der Waals surface area (Å²) in [6.45, 7) is 6.79. The number of amides is 1. The number of hydrogen-bond acceptors (Lipinski definition) is 3. The molecule has 0 fully saturated rings. The lowest BCUT2D eigenvalue weighted by Crippen LogP contribution is -2.43. The summed E-state index contributed by atoms with van der Waals surface area (Å²) in [6, 6.07) is 32.8. The van der Waals surface area contributed by atoms with Crippen molar-refractivity contribution < 1.29 is 9.53 Å². The van der Waals surface area contributed by atoms with Crippen LogP contribution in [-0.2, 0) is 14.9 Å². The van der Waals surface area contributed by atoms with Crippen LogP contribution >= 0.6 is 0 Å². The van der Waals surface area contributed by atoms with Crippen molar-refractivity contribution >= 4 is 28.8 Å². The third kappa shape index (κ3) is 4.72. The summed E-state index contributed by atoms with van der Waals surface area (Å²) in [5.74, 6) is 1.36. The van der Waals surface area contributed by atoms with E-state index < -0.39 is 0 Å². The number of nitrogens with zero attached hydrogens (tertiary/aromatic N) is 1. The van der Waals surface area contributed by atoms with Crippen molar-refractivity contribution in [3.63, 3.8) is 0 Å². The minimum atomic E-state index is 0.00463. The zero-order chi connectivity index (χ0) is 28.1. The fourth-order valence-electron chi connectivity index (χ4n) is 6.90. The van der Waals surface area contributed by atoms with Crippen LogP contribution in [0.15, 0.2) is 102 Å². The molecule has 4 aromatic carbocycles. The molecule has 0 radical (unpaired) electrons. The summed E-state index contributed by atoms with van der Waals surface area (Å²) < 4.78 is 5.07. The molecular weight excluding hydrogens is 492 g/mol. The quantitative estimate of drug-likeness (QED) is 0.292. The molecule has 1 amide bonds. The van der Waals surface area contributed by atoms with Crippen LogP contribution in [0, 0.1) is 0 Å². The first-order valence-electron chi connectivity index (χ1n) is 14.3. The summed E-state index contributed by atoms with van der Waals surface area (Å²) in [7, 11) is 1.60. The van der Waals surface area contributed by atoms with Crippen LogP contribution in [0.2, 0.25) is 0 Å². The zero-order valence-electron chi connectivity index (χ0n) is 23.9. The van der Waals surface area contributed by atoms with Gasteiger partial charge in [0.1, 0.15) is 6.61 Å². The molecule has 7 rings (SSSR count). The molecule has 40 heavy (non-hydrogen) atoms. The summed E-state index contributed by atoms with van der Waals surface area (Å²) in [5.41, 5.74) is 8.93. The number of benzene rings is 4. The number of rotatable bonds is 3. The molecule has 204 valence electrons. The molecule has 0 spiro atoms. The van der Waals surface area contributed by atoms with E-state index in [1.165, 1.54) is 36.9 Å². The number of carbonyl (C=O) groups excluding carboxylic acids is 1. The van der Waals surface area contributed by atoms with Crippen LogP contribution in [0.5, 0.6) is 0 Å². The Morgan fingerprint density at radius 2 is 1.55 bits per heavy atom. The van der Waals surface area contributed by atoms with Crippen LogP contribution in [-0.4, -0.2) is 26.0 Å². The minimum Gasteiger partial charge on any atom is -0.479 e. The van der Waals surface area contributed by atoms with Gasteiger partial charge < -0.3 is 10.1 Å². The second-order valence-corrected chi connectivity index (χ2v) is 10.5. The molecule has 3 unspecified atom stereocenters. The Labute approximate surface area is 237 Å². The van der Waals surface area contributed by atoms with Crippen molar-refractivity contribution in [1.29, 1.82) is 0 Å². The van der Waals surface area contributed by atoms with Crippen LogP contribution in [0.4, 0.5) is 0 Å². The largest absolute Gasteiger partial charge is 0.479 e. The van der Waals surface area contributed by atoms with E-state index in [-0.39, 0.29) is 5.91 Å². The summed E-state index contributed by atoms with van der Waals surface area (Å²) >= 11 is 0. The van der Waals surface area contributed by atoms with Gasteiger partial charge in [0.05, 0.1) is 5.70 Å². The molecule has 3 aliphatic rings. The lowest BCUT2D eigenvalue weighted by molar-refractivity contribution is -0.118. The predicted octanol–water partition coefficient (Wildman–Crippen LogP) is 7.98. The summed E-state index contributed by atoms with van der Waals surface area (Å²) in [4.78, 5) is 14.0. The SMILES string of the molecule is C1=NC(c2cccc3ccccc23)=CCO1.CCC1c2ccccc2C2c3ccccc3C12CC.CNC(C)=O. The lowest BCUT2D eigenvalue weighted by atomic mass is 9.52. The Balaban J connectivity index is 0.000000140. The average molecular weight is 531 g/mol. The van der Waals surface area contributed by atoms with Gasteiger partial charge in [-0.25, -0.2) is 4.99 Å². The highest BCUT2D eigenvalue weighted by Crippen LogP contribution is 2.69. The van der Waals surface area contributed by atoms with Crippen molar-refractivity contribution in [2.75, 3.05) is 13.7 Å². The van der Waals surface area contributed by atoms with E-state index in [0.717, 1.165) is 11.3 Å². The van der Waals surface area contributed by atoms with E-state index in [1.54, 1.807) is 29.3 Å². The maximum Gasteiger partial charge on any atom is 0.216 e. The first-order chi connectivity index (χ1) is 19.6. The Morgan fingerprint density at radius 1 is 0.900 bits per heavy atom. The second-order valence-electron chi connectivity index (χ2n) is 10.5. The number of fused-ring (bicyclic) bond motifs is 7. The molecule has 2 aliphatic carbocycles. The number of hydrogen-bond donors (Lipinski definition) is 1. The van der Waals surface area contributed by atoms with Gasteiger partial charge in [0.15, 0.2) is 6.40 Å². The molecule has 1 N–H and O–H groups in total. The van der Waals surface area contributed by atoms with Crippen molar-refractivity contribution in [3.05, 3.63) is 125 Å². The van der Waals surface area contributed by atoms with Crippen molar-refractivity contribution in [1.82, 2.24) is 5.32 Å². The molecular formula is C36H38N2O2. The molecule has 1 heterocycles. The van der Waals surface area contributed by atoms with E-state index in [9.17, 15) is 4.79 Å². The number of carbonyl (C=O) groups is 1. The molecule has 1 aliphatic heterocycles. The number of ether oxygens (including phenoxy) is 1. The summed E-state index contributed by atoms with van der Waals surface area (Å²) in [5, 5.41) is 4.86. The van der Waals surface area contributed by atoms with E-state index >= 15 is 0 Å². The van der Waals surface area contributed by atoms with Gasteiger partial charge in [-0.3, -0.25) is 4.79 Å². The normalized spacial score (nSPS) is 21.1. The number of aliphatic imine (C=N–C) groups is 1. The highest BCUT2D eigenvalue weighted by atomic mass is 16.5. The van der Waals surface area contributed by atoms with Gasteiger partial charge in [-0.2, -0.15) is 0 Å². The van der Waals surface area contributed by atoms with E-state index in [0.29, 0.717) is 23.9 Å². The van der Waals surface area contributed by atoms with E-state index in [2.05, 4.69) is 109 Å². The lowest BCUT2D eigenvalue weighted by Gasteiger charge is -2.51. The average Bonchev–Trinajstić information content (AvgIpc) is 3.26. The Kier molecular flexibility index (Phi) is 8.16. The van der Waals surface area contributed by atoms with Crippen molar-refractivity contribution in [2.45, 2.75) is 50.9 Å². The Bertz CT molecular complexity index is 1560. The van der Waals surface area contributed by atoms with Crippen LogP contribution in [0.3, 0.4) is 0 Å². The fourth-order valence-corrected chi connectivity index (χ4v) is 6.90.